The van der Waals surface area contributed by atoms with Crippen molar-refractivity contribution in [2.24, 2.45) is 0 Å². The van der Waals surface area contributed by atoms with E-state index in [9.17, 15) is 0 Å². The molecule has 0 unspecified atom stereocenters. The summed E-state index contributed by atoms with van der Waals surface area (Å²) < 4.78 is 0. The Balaban J connectivity index is 2.07. The lowest BCUT2D eigenvalue weighted by Crippen LogP contribution is -2.20. The Morgan fingerprint density at radius 2 is 1.90 bits per heavy atom. The standard InChI is InChI=1S/C15H15Cl2N3/c1-2-10-4-3-5-12(8-10)19-15(18)20-14-9-11(16)6-7-13(14)17/h3-9H,2H2,1H3,(H3,18,19,20). The van der Waals surface area contributed by atoms with Crippen molar-refractivity contribution in [3.05, 3.63) is 58.1 Å². The highest BCUT2D eigenvalue weighted by Gasteiger charge is 2.04. The zero-order valence-corrected chi connectivity index (χ0v) is 12.5. The number of hydrogen-bond donors (Lipinski definition) is 3. The molecule has 0 amide bonds. The van der Waals surface area contributed by atoms with E-state index in [2.05, 4.69) is 23.6 Å². The summed E-state index contributed by atoms with van der Waals surface area (Å²) in [7, 11) is 0. The maximum Gasteiger partial charge on any atom is 0.197 e. The molecule has 0 spiro atoms. The summed E-state index contributed by atoms with van der Waals surface area (Å²) in [6, 6.07) is 13.0. The van der Waals surface area contributed by atoms with Gasteiger partial charge in [-0.3, -0.25) is 5.41 Å². The minimum atomic E-state index is 0.141. The summed E-state index contributed by atoms with van der Waals surface area (Å²) in [6.45, 7) is 2.09. The molecule has 0 bridgehead atoms. The third-order valence-corrected chi connectivity index (χ3v) is 3.36. The van der Waals surface area contributed by atoms with Crippen LogP contribution in [0.25, 0.3) is 0 Å². The smallest absolute Gasteiger partial charge is 0.197 e. The largest absolute Gasteiger partial charge is 0.326 e. The minimum Gasteiger partial charge on any atom is -0.326 e. The number of guanidine groups is 1. The fraction of sp³-hybridized carbons (Fsp3) is 0.133. The molecule has 0 atom stereocenters. The lowest BCUT2D eigenvalue weighted by Gasteiger charge is -2.12. The van der Waals surface area contributed by atoms with Crippen molar-refractivity contribution in [2.75, 3.05) is 10.6 Å². The predicted octanol–water partition coefficient (Wildman–Crippen LogP) is 5.01. The molecule has 0 fully saturated rings. The van der Waals surface area contributed by atoms with Crippen LogP contribution in [0, 0.1) is 5.41 Å². The van der Waals surface area contributed by atoms with Gasteiger partial charge in [-0.2, -0.15) is 0 Å². The molecule has 2 rings (SSSR count). The Hall–Kier alpha value is -1.71. The van der Waals surface area contributed by atoms with Gasteiger partial charge in [-0.25, -0.2) is 0 Å². The van der Waals surface area contributed by atoms with Crippen LogP contribution in [-0.4, -0.2) is 5.96 Å². The number of benzene rings is 2. The van der Waals surface area contributed by atoms with Gasteiger partial charge < -0.3 is 10.6 Å². The highest BCUT2D eigenvalue weighted by atomic mass is 35.5. The third kappa shape index (κ3) is 3.89. The van der Waals surface area contributed by atoms with Gasteiger partial charge in [0.05, 0.1) is 10.7 Å². The first-order chi connectivity index (χ1) is 9.58. The van der Waals surface area contributed by atoms with E-state index < -0.39 is 0 Å². The van der Waals surface area contributed by atoms with E-state index >= 15 is 0 Å². The number of aryl methyl sites for hydroxylation is 1. The maximum absolute atomic E-state index is 7.93. The summed E-state index contributed by atoms with van der Waals surface area (Å²) in [4.78, 5) is 0. The fourth-order valence-electron chi connectivity index (χ4n) is 1.77. The van der Waals surface area contributed by atoms with Crippen molar-refractivity contribution >= 4 is 40.5 Å². The van der Waals surface area contributed by atoms with Gasteiger partial charge in [-0.15, -0.1) is 0 Å². The molecule has 3 N–H and O–H groups in total. The lowest BCUT2D eigenvalue weighted by atomic mass is 10.1. The van der Waals surface area contributed by atoms with Gasteiger partial charge in [-0.05, 0) is 42.3 Å². The number of halogens is 2. The second-order valence-corrected chi connectivity index (χ2v) is 5.15. The quantitative estimate of drug-likeness (QED) is 0.551. The van der Waals surface area contributed by atoms with Crippen molar-refractivity contribution in [1.82, 2.24) is 0 Å². The first-order valence-corrected chi connectivity index (χ1v) is 7.00. The van der Waals surface area contributed by atoms with Crippen LogP contribution < -0.4 is 10.6 Å². The molecule has 0 aliphatic rings. The van der Waals surface area contributed by atoms with Gasteiger partial charge in [-0.1, -0.05) is 42.3 Å². The van der Waals surface area contributed by atoms with E-state index in [1.807, 2.05) is 18.2 Å². The van der Waals surface area contributed by atoms with Gasteiger partial charge in [0.1, 0.15) is 0 Å². The van der Waals surface area contributed by atoms with Crippen molar-refractivity contribution in [1.29, 1.82) is 5.41 Å². The molecule has 0 saturated carbocycles. The molecule has 20 heavy (non-hydrogen) atoms. The van der Waals surface area contributed by atoms with Crippen LogP contribution in [0.2, 0.25) is 10.0 Å². The van der Waals surface area contributed by atoms with E-state index in [1.54, 1.807) is 18.2 Å². The Bertz CT molecular complexity index is 626. The summed E-state index contributed by atoms with van der Waals surface area (Å²) in [6.07, 6.45) is 0.955. The van der Waals surface area contributed by atoms with Gasteiger partial charge in [0.15, 0.2) is 5.96 Å². The molecule has 5 heteroatoms. The maximum atomic E-state index is 7.93. The first-order valence-electron chi connectivity index (χ1n) is 6.25. The molecule has 2 aromatic carbocycles. The Kier molecular flexibility index (Phi) is 4.88. The number of rotatable bonds is 3. The summed E-state index contributed by atoms with van der Waals surface area (Å²) >= 11 is 12.0. The Morgan fingerprint density at radius 1 is 1.10 bits per heavy atom. The van der Waals surface area contributed by atoms with Crippen LogP contribution in [0.5, 0.6) is 0 Å². The molecule has 3 nitrogen and oxygen atoms in total. The van der Waals surface area contributed by atoms with E-state index in [0.717, 1.165) is 12.1 Å². The van der Waals surface area contributed by atoms with E-state index in [1.165, 1.54) is 5.56 Å². The van der Waals surface area contributed by atoms with Crippen molar-refractivity contribution in [2.45, 2.75) is 13.3 Å². The average molecular weight is 308 g/mol. The highest BCUT2D eigenvalue weighted by Crippen LogP contribution is 2.25. The van der Waals surface area contributed by atoms with Gasteiger partial charge in [0.25, 0.3) is 0 Å². The van der Waals surface area contributed by atoms with Crippen LogP contribution in [-0.2, 0) is 6.42 Å². The fourth-order valence-corrected chi connectivity index (χ4v) is 2.11. The third-order valence-electron chi connectivity index (χ3n) is 2.79. The van der Waals surface area contributed by atoms with Gasteiger partial charge in [0.2, 0.25) is 0 Å². The summed E-state index contributed by atoms with van der Waals surface area (Å²) in [5.74, 6) is 0.141. The molecule has 104 valence electrons. The molecule has 0 heterocycles. The molecule has 0 aliphatic heterocycles. The SMILES string of the molecule is CCc1cccc(NC(=N)Nc2cc(Cl)ccc2Cl)c1. The van der Waals surface area contributed by atoms with Crippen LogP contribution >= 0.6 is 23.2 Å². The second kappa shape index (κ2) is 6.64. The molecule has 0 aromatic heterocycles. The molecule has 0 radical (unpaired) electrons. The topological polar surface area (TPSA) is 47.9 Å². The van der Waals surface area contributed by atoms with Crippen LogP contribution in [0.3, 0.4) is 0 Å². The Labute approximate surface area is 128 Å². The van der Waals surface area contributed by atoms with Crippen molar-refractivity contribution in [3.63, 3.8) is 0 Å². The van der Waals surface area contributed by atoms with Crippen molar-refractivity contribution < 1.29 is 0 Å². The van der Waals surface area contributed by atoms with Crippen LogP contribution in [0.4, 0.5) is 11.4 Å². The summed E-state index contributed by atoms with van der Waals surface area (Å²) in [5, 5.41) is 14.9. The highest BCUT2D eigenvalue weighted by molar-refractivity contribution is 6.35. The Morgan fingerprint density at radius 3 is 2.65 bits per heavy atom. The predicted molar refractivity (Wildman–Crippen MR) is 87.3 cm³/mol. The number of nitrogens with one attached hydrogen (secondary N) is 3. The summed E-state index contributed by atoms with van der Waals surface area (Å²) in [5.41, 5.74) is 2.67. The molecular weight excluding hydrogens is 293 g/mol. The zero-order chi connectivity index (χ0) is 14.5. The zero-order valence-electron chi connectivity index (χ0n) is 11.0. The van der Waals surface area contributed by atoms with E-state index in [4.69, 9.17) is 28.6 Å². The first kappa shape index (κ1) is 14.7. The molecule has 0 saturated heterocycles. The number of hydrogen-bond acceptors (Lipinski definition) is 1. The lowest BCUT2D eigenvalue weighted by molar-refractivity contribution is 1.14. The van der Waals surface area contributed by atoms with E-state index in [0.29, 0.717) is 15.7 Å². The van der Waals surface area contributed by atoms with Crippen molar-refractivity contribution in [3.8, 4) is 0 Å². The number of anilines is 2. The van der Waals surface area contributed by atoms with Gasteiger partial charge >= 0.3 is 0 Å². The monoisotopic (exact) mass is 307 g/mol. The normalized spacial score (nSPS) is 10.2. The molecule has 2 aromatic rings. The molecule has 0 aliphatic carbocycles. The second-order valence-electron chi connectivity index (χ2n) is 4.30. The van der Waals surface area contributed by atoms with Crippen LogP contribution in [0.1, 0.15) is 12.5 Å². The average Bonchev–Trinajstić information content (AvgIpc) is 2.43. The van der Waals surface area contributed by atoms with E-state index in [-0.39, 0.29) is 5.96 Å². The van der Waals surface area contributed by atoms with Gasteiger partial charge in [0, 0.05) is 10.7 Å². The minimum absolute atomic E-state index is 0.141. The van der Waals surface area contributed by atoms with Crippen LogP contribution in [0.15, 0.2) is 42.5 Å². The molecular formula is C15H15Cl2N3.